The number of aromatic nitrogens is 3. The standard InChI is InChI=1S/C22H16ClF3N4O2S/c1-11-3-5-13(6-4-11)18-20-19(27-12(2)33-20)21(32)30(29-18)10-17(31)28-16-9-14(22(24,25)26)7-8-15(16)23/h3-9H,10H2,1-2H3,(H,28,31). The molecule has 0 saturated carbocycles. The van der Waals surface area contributed by atoms with Crippen molar-refractivity contribution in [3.8, 4) is 11.3 Å². The lowest BCUT2D eigenvalue weighted by molar-refractivity contribution is -0.137. The van der Waals surface area contributed by atoms with Crippen LogP contribution in [0.25, 0.3) is 21.5 Å². The van der Waals surface area contributed by atoms with Gasteiger partial charge in [0.2, 0.25) is 5.91 Å². The molecule has 0 radical (unpaired) electrons. The number of aryl methyl sites for hydroxylation is 2. The number of hydrogen-bond donors (Lipinski definition) is 1. The molecule has 4 rings (SSSR count). The van der Waals surface area contributed by atoms with Crippen LogP contribution in [-0.2, 0) is 17.5 Å². The lowest BCUT2D eigenvalue weighted by atomic mass is 10.1. The van der Waals surface area contributed by atoms with Crippen LogP contribution in [0.3, 0.4) is 0 Å². The SMILES string of the molecule is Cc1ccc(-c2nn(CC(=O)Nc3cc(C(F)(F)F)ccc3Cl)c(=O)c3nc(C)sc23)cc1. The van der Waals surface area contributed by atoms with E-state index in [0.717, 1.165) is 34.0 Å². The minimum Gasteiger partial charge on any atom is -0.323 e. The minimum absolute atomic E-state index is 0.0671. The Morgan fingerprint density at radius 3 is 2.52 bits per heavy atom. The summed E-state index contributed by atoms with van der Waals surface area (Å²) in [4.78, 5) is 29.8. The Kier molecular flexibility index (Phi) is 5.98. The number of hydrogen-bond acceptors (Lipinski definition) is 5. The highest BCUT2D eigenvalue weighted by Crippen LogP contribution is 2.34. The maximum absolute atomic E-state index is 13.0. The summed E-state index contributed by atoms with van der Waals surface area (Å²) in [5.74, 6) is -0.757. The Labute approximate surface area is 194 Å². The molecular weight excluding hydrogens is 477 g/mol. The van der Waals surface area contributed by atoms with E-state index >= 15 is 0 Å². The van der Waals surface area contributed by atoms with Crippen molar-refractivity contribution in [3.05, 3.63) is 74.0 Å². The molecule has 0 aliphatic heterocycles. The molecule has 2 aromatic carbocycles. The Morgan fingerprint density at radius 1 is 1.15 bits per heavy atom. The summed E-state index contributed by atoms with van der Waals surface area (Å²) in [6, 6.07) is 10.1. The van der Waals surface area contributed by atoms with Gasteiger partial charge < -0.3 is 5.32 Å². The smallest absolute Gasteiger partial charge is 0.323 e. The predicted octanol–water partition coefficient (Wildman–Crippen LogP) is 5.45. The van der Waals surface area contributed by atoms with Gasteiger partial charge in [-0.1, -0.05) is 41.4 Å². The Morgan fingerprint density at radius 2 is 1.85 bits per heavy atom. The number of alkyl halides is 3. The first-order valence-electron chi connectivity index (χ1n) is 9.65. The molecule has 0 aliphatic carbocycles. The quantitative estimate of drug-likeness (QED) is 0.411. The van der Waals surface area contributed by atoms with E-state index in [1.54, 1.807) is 6.92 Å². The second-order valence-electron chi connectivity index (χ2n) is 7.33. The lowest BCUT2D eigenvalue weighted by Gasteiger charge is -2.12. The van der Waals surface area contributed by atoms with Crippen molar-refractivity contribution in [2.75, 3.05) is 5.32 Å². The number of halogens is 4. The van der Waals surface area contributed by atoms with Crippen molar-refractivity contribution < 1.29 is 18.0 Å². The predicted molar refractivity (Wildman–Crippen MR) is 122 cm³/mol. The highest BCUT2D eigenvalue weighted by atomic mass is 35.5. The molecule has 33 heavy (non-hydrogen) atoms. The van der Waals surface area contributed by atoms with E-state index in [9.17, 15) is 22.8 Å². The van der Waals surface area contributed by atoms with Gasteiger partial charge in [-0.25, -0.2) is 9.67 Å². The van der Waals surface area contributed by atoms with E-state index in [2.05, 4.69) is 15.4 Å². The maximum Gasteiger partial charge on any atom is 0.416 e. The normalized spacial score (nSPS) is 11.7. The third-order valence-electron chi connectivity index (χ3n) is 4.79. The maximum atomic E-state index is 13.0. The first kappa shape index (κ1) is 22.9. The van der Waals surface area contributed by atoms with Gasteiger partial charge in [0, 0.05) is 5.56 Å². The molecule has 0 unspecified atom stereocenters. The zero-order valence-corrected chi connectivity index (χ0v) is 18.9. The number of thiazole rings is 1. The molecule has 2 heterocycles. The largest absolute Gasteiger partial charge is 0.416 e. The van der Waals surface area contributed by atoms with Gasteiger partial charge in [0.05, 0.1) is 26.0 Å². The van der Waals surface area contributed by atoms with Gasteiger partial charge in [-0.15, -0.1) is 11.3 Å². The van der Waals surface area contributed by atoms with Gasteiger partial charge in [-0.3, -0.25) is 9.59 Å². The monoisotopic (exact) mass is 492 g/mol. The van der Waals surface area contributed by atoms with Crippen molar-refractivity contribution in [3.63, 3.8) is 0 Å². The number of rotatable bonds is 4. The van der Waals surface area contributed by atoms with E-state index in [1.807, 2.05) is 31.2 Å². The lowest BCUT2D eigenvalue weighted by Crippen LogP contribution is -2.30. The van der Waals surface area contributed by atoms with E-state index in [1.165, 1.54) is 11.3 Å². The molecule has 0 aliphatic rings. The van der Waals surface area contributed by atoms with E-state index in [0.29, 0.717) is 15.4 Å². The van der Waals surface area contributed by atoms with Crippen molar-refractivity contribution >= 4 is 44.7 Å². The highest BCUT2D eigenvalue weighted by molar-refractivity contribution is 7.19. The van der Waals surface area contributed by atoms with Crippen LogP contribution in [0, 0.1) is 13.8 Å². The van der Waals surface area contributed by atoms with Crippen LogP contribution in [0.5, 0.6) is 0 Å². The van der Waals surface area contributed by atoms with Crippen LogP contribution >= 0.6 is 22.9 Å². The van der Waals surface area contributed by atoms with Crippen molar-refractivity contribution in [1.82, 2.24) is 14.8 Å². The van der Waals surface area contributed by atoms with Gasteiger partial charge in [-0.2, -0.15) is 18.3 Å². The van der Waals surface area contributed by atoms with Crippen LogP contribution < -0.4 is 10.9 Å². The number of carbonyl (C=O) groups is 1. The Balaban J connectivity index is 1.71. The second-order valence-corrected chi connectivity index (χ2v) is 8.94. The van der Waals surface area contributed by atoms with E-state index in [4.69, 9.17) is 11.6 Å². The van der Waals surface area contributed by atoms with Gasteiger partial charge in [0.15, 0.2) is 5.52 Å². The van der Waals surface area contributed by atoms with Crippen LogP contribution in [0.15, 0.2) is 47.3 Å². The first-order chi connectivity index (χ1) is 15.5. The first-order valence-corrected chi connectivity index (χ1v) is 10.8. The summed E-state index contributed by atoms with van der Waals surface area (Å²) >= 11 is 7.27. The molecule has 4 aromatic rings. The van der Waals surface area contributed by atoms with Gasteiger partial charge in [-0.05, 0) is 32.0 Å². The summed E-state index contributed by atoms with van der Waals surface area (Å²) in [7, 11) is 0. The third kappa shape index (κ3) is 4.76. The van der Waals surface area contributed by atoms with Gasteiger partial charge in [0.25, 0.3) is 5.56 Å². The molecular formula is C22H16ClF3N4O2S. The molecule has 2 aromatic heterocycles. The fourth-order valence-corrected chi connectivity index (χ4v) is 4.28. The number of fused-ring (bicyclic) bond motifs is 1. The molecule has 1 N–H and O–H groups in total. The van der Waals surface area contributed by atoms with Crippen molar-refractivity contribution in [1.29, 1.82) is 0 Å². The van der Waals surface area contributed by atoms with Crippen LogP contribution in [0.2, 0.25) is 5.02 Å². The number of benzene rings is 2. The number of nitrogens with one attached hydrogen (secondary N) is 1. The molecule has 0 saturated heterocycles. The molecule has 11 heteroatoms. The summed E-state index contributed by atoms with van der Waals surface area (Å²) in [5, 5.41) is 7.30. The number of amides is 1. The van der Waals surface area contributed by atoms with Crippen LogP contribution in [0.4, 0.5) is 18.9 Å². The molecule has 170 valence electrons. The molecule has 0 bridgehead atoms. The Bertz CT molecular complexity index is 1430. The molecule has 0 spiro atoms. The number of carbonyl (C=O) groups excluding carboxylic acids is 1. The summed E-state index contributed by atoms with van der Waals surface area (Å²) < 4.78 is 40.5. The second kappa shape index (κ2) is 8.60. The summed E-state index contributed by atoms with van der Waals surface area (Å²) in [5.41, 5.74) is 0.696. The fourth-order valence-electron chi connectivity index (χ4n) is 3.20. The summed E-state index contributed by atoms with van der Waals surface area (Å²) in [6.07, 6.45) is -4.60. The van der Waals surface area contributed by atoms with E-state index in [-0.39, 0.29) is 16.2 Å². The minimum atomic E-state index is -4.60. The number of anilines is 1. The molecule has 6 nitrogen and oxygen atoms in total. The van der Waals surface area contributed by atoms with Gasteiger partial charge >= 0.3 is 6.18 Å². The molecule has 0 atom stereocenters. The van der Waals surface area contributed by atoms with E-state index < -0.39 is 29.8 Å². The zero-order chi connectivity index (χ0) is 23.9. The van der Waals surface area contributed by atoms with Gasteiger partial charge in [0.1, 0.15) is 12.2 Å². The number of nitrogens with zero attached hydrogens (tertiary/aromatic N) is 3. The van der Waals surface area contributed by atoms with Crippen molar-refractivity contribution in [2.24, 2.45) is 0 Å². The van der Waals surface area contributed by atoms with Crippen molar-refractivity contribution in [2.45, 2.75) is 26.6 Å². The fraction of sp³-hybridized carbons (Fsp3) is 0.182. The molecule has 0 fully saturated rings. The zero-order valence-electron chi connectivity index (χ0n) is 17.3. The average molecular weight is 493 g/mol. The topological polar surface area (TPSA) is 76.9 Å². The third-order valence-corrected chi connectivity index (χ3v) is 6.10. The highest BCUT2D eigenvalue weighted by Gasteiger charge is 2.31. The summed E-state index contributed by atoms with van der Waals surface area (Å²) in [6.45, 7) is 3.17. The average Bonchev–Trinajstić information content (AvgIpc) is 3.13. The van der Waals surface area contributed by atoms with Crippen LogP contribution in [-0.4, -0.2) is 20.7 Å². The van der Waals surface area contributed by atoms with Crippen LogP contribution in [0.1, 0.15) is 16.1 Å². The molecule has 1 amide bonds. The Hall–Kier alpha value is -3.24.